The molecule has 1 aliphatic rings. The predicted molar refractivity (Wildman–Crippen MR) is 61.8 cm³/mol. The van der Waals surface area contributed by atoms with E-state index in [0.29, 0.717) is 6.04 Å². The van der Waals surface area contributed by atoms with E-state index >= 15 is 0 Å². The Morgan fingerprint density at radius 3 is 2.57 bits per heavy atom. The number of nitrogens with one attached hydrogen (secondary N) is 1. The van der Waals surface area contributed by atoms with Crippen LogP contribution < -0.4 is 11.3 Å². The first-order chi connectivity index (χ1) is 6.76. The first-order valence-corrected chi connectivity index (χ1v) is 6.22. The highest BCUT2D eigenvalue weighted by Gasteiger charge is 2.22. The van der Waals surface area contributed by atoms with Crippen molar-refractivity contribution in [2.75, 3.05) is 0 Å². The summed E-state index contributed by atoms with van der Waals surface area (Å²) in [5.41, 5.74) is 2.99. The minimum Gasteiger partial charge on any atom is -0.271 e. The Kier molecular flexibility index (Phi) is 5.49. The van der Waals surface area contributed by atoms with Gasteiger partial charge < -0.3 is 0 Å². The van der Waals surface area contributed by atoms with Crippen molar-refractivity contribution >= 4 is 0 Å². The Hall–Kier alpha value is -0.0800. The molecule has 2 unspecified atom stereocenters. The van der Waals surface area contributed by atoms with Gasteiger partial charge in [0.1, 0.15) is 0 Å². The third-order valence-corrected chi connectivity index (χ3v) is 3.55. The molecule has 2 heteroatoms. The second-order valence-electron chi connectivity index (χ2n) is 5.03. The van der Waals surface area contributed by atoms with Gasteiger partial charge in [0.05, 0.1) is 0 Å². The Morgan fingerprint density at radius 1 is 1.43 bits per heavy atom. The zero-order chi connectivity index (χ0) is 10.4. The van der Waals surface area contributed by atoms with Gasteiger partial charge in [0, 0.05) is 6.04 Å². The lowest BCUT2D eigenvalue weighted by Gasteiger charge is -2.30. The minimum atomic E-state index is 0.557. The van der Waals surface area contributed by atoms with Crippen LogP contribution in [0, 0.1) is 11.8 Å². The smallest absolute Gasteiger partial charge is 0.0215 e. The maximum absolute atomic E-state index is 5.59. The molecule has 0 heterocycles. The van der Waals surface area contributed by atoms with E-state index in [1.54, 1.807) is 0 Å². The molecule has 3 N–H and O–H groups in total. The maximum atomic E-state index is 5.59. The fourth-order valence-electron chi connectivity index (χ4n) is 2.46. The SMILES string of the molecule is CCCC(C)CC(CC1CCC1)NN. The first-order valence-electron chi connectivity index (χ1n) is 6.22. The molecule has 0 spiro atoms. The third-order valence-electron chi connectivity index (χ3n) is 3.55. The van der Waals surface area contributed by atoms with E-state index in [1.807, 2.05) is 0 Å². The molecule has 0 aliphatic heterocycles. The summed E-state index contributed by atoms with van der Waals surface area (Å²) in [6.07, 6.45) is 9.48. The normalized spacial score (nSPS) is 21.6. The maximum Gasteiger partial charge on any atom is 0.0215 e. The Bertz CT molecular complexity index is 143. The monoisotopic (exact) mass is 198 g/mol. The molecular weight excluding hydrogens is 172 g/mol. The summed E-state index contributed by atoms with van der Waals surface area (Å²) < 4.78 is 0. The van der Waals surface area contributed by atoms with Crippen LogP contribution in [0.2, 0.25) is 0 Å². The molecule has 0 radical (unpaired) electrons. The van der Waals surface area contributed by atoms with Gasteiger partial charge in [-0.2, -0.15) is 0 Å². The summed E-state index contributed by atoms with van der Waals surface area (Å²) in [4.78, 5) is 0. The average Bonchev–Trinajstić information content (AvgIpc) is 2.09. The lowest BCUT2D eigenvalue weighted by molar-refractivity contribution is 0.241. The van der Waals surface area contributed by atoms with Gasteiger partial charge in [-0.15, -0.1) is 0 Å². The van der Waals surface area contributed by atoms with Gasteiger partial charge in [0.25, 0.3) is 0 Å². The minimum absolute atomic E-state index is 0.557. The molecule has 0 bridgehead atoms. The van der Waals surface area contributed by atoms with Crippen LogP contribution in [0.5, 0.6) is 0 Å². The number of hydrogen-bond donors (Lipinski definition) is 2. The van der Waals surface area contributed by atoms with Crippen LogP contribution in [0.4, 0.5) is 0 Å². The highest BCUT2D eigenvalue weighted by molar-refractivity contribution is 4.77. The van der Waals surface area contributed by atoms with Crippen molar-refractivity contribution in [1.29, 1.82) is 0 Å². The number of rotatable bonds is 7. The van der Waals surface area contributed by atoms with Gasteiger partial charge in [0.15, 0.2) is 0 Å². The molecular formula is C12H26N2. The molecule has 1 rings (SSSR count). The van der Waals surface area contributed by atoms with E-state index in [-0.39, 0.29) is 0 Å². The molecule has 0 aromatic heterocycles. The van der Waals surface area contributed by atoms with Crippen molar-refractivity contribution in [3.63, 3.8) is 0 Å². The van der Waals surface area contributed by atoms with Gasteiger partial charge >= 0.3 is 0 Å². The zero-order valence-corrected chi connectivity index (χ0v) is 9.76. The van der Waals surface area contributed by atoms with Crippen molar-refractivity contribution in [3.05, 3.63) is 0 Å². The lowest BCUT2D eigenvalue weighted by atomic mass is 9.79. The van der Waals surface area contributed by atoms with Crippen molar-refractivity contribution in [1.82, 2.24) is 5.43 Å². The van der Waals surface area contributed by atoms with Gasteiger partial charge in [-0.05, 0) is 24.7 Å². The quantitative estimate of drug-likeness (QED) is 0.487. The highest BCUT2D eigenvalue weighted by atomic mass is 15.2. The first kappa shape index (κ1) is 12.0. The zero-order valence-electron chi connectivity index (χ0n) is 9.76. The standard InChI is InChI=1S/C12H26N2/c1-3-5-10(2)8-12(14-13)9-11-6-4-7-11/h10-12,14H,3-9,13H2,1-2H3. The molecule has 0 aromatic carbocycles. The molecule has 0 amide bonds. The number of nitrogens with two attached hydrogens (primary N) is 1. The van der Waals surface area contributed by atoms with Crippen molar-refractivity contribution in [2.24, 2.45) is 17.7 Å². The van der Waals surface area contributed by atoms with Crippen LogP contribution in [0.3, 0.4) is 0 Å². The van der Waals surface area contributed by atoms with E-state index in [1.165, 1.54) is 44.9 Å². The third kappa shape index (κ3) is 3.97. The Balaban J connectivity index is 2.15. The molecule has 84 valence electrons. The molecule has 2 atom stereocenters. The van der Waals surface area contributed by atoms with Crippen LogP contribution in [0.1, 0.15) is 58.8 Å². The topological polar surface area (TPSA) is 38.0 Å². The molecule has 0 saturated heterocycles. The molecule has 1 aliphatic carbocycles. The lowest BCUT2D eigenvalue weighted by Crippen LogP contribution is -2.38. The Morgan fingerprint density at radius 2 is 2.14 bits per heavy atom. The largest absolute Gasteiger partial charge is 0.271 e. The number of hydrogen-bond acceptors (Lipinski definition) is 2. The fraction of sp³-hybridized carbons (Fsp3) is 1.00. The summed E-state index contributed by atoms with van der Waals surface area (Å²) in [5, 5.41) is 0. The summed E-state index contributed by atoms with van der Waals surface area (Å²) in [5.74, 6) is 7.38. The molecule has 0 aromatic rings. The second-order valence-corrected chi connectivity index (χ2v) is 5.03. The summed E-state index contributed by atoms with van der Waals surface area (Å²) in [7, 11) is 0. The molecule has 2 nitrogen and oxygen atoms in total. The summed E-state index contributed by atoms with van der Waals surface area (Å²) in [6.45, 7) is 4.60. The second kappa shape index (κ2) is 6.41. The van der Waals surface area contributed by atoms with Gasteiger partial charge in [0.2, 0.25) is 0 Å². The highest BCUT2D eigenvalue weighted by Crippen LogP contribution is 2.31. The van der Waals surface area contributed by atoms with E-state index in [4.69, 9.17) is 5.84 Å². The predicted octanol–water partition coefficient (Wildman–Crippen LogP) is 2.83. The van der Waals surface area contributed by atoms with Crippen LogP contribution >= 0.6 is 0 Å². The van der Waals surface area contributed by atoms with Gasteiger partial charge in [-0.25, -0.2) is 0 Å². The van der Waals surface area contributed by atoms with Crippen LogP contribution in [-0.2, 0) is 0 Å². The molecule has 1 fully saturated rings. The van der Waals surface area contributed by atoms with Gasteiger partial charge in [-0.3, -0.25) is 11.3 Å². The average molecular weight is 198 g/mol. The Labute approximate surface area is 88.6 Å². The number of hydrazine groups is 1. The van der Waals surface area contributed by atoms with Crippen molar-refractivity contribution in [2.45, 2.75) is 64.8 Å². The van der Waals surface area contributed by atoms with E-state index in [2.05, 4.69) is 19.3 Å². The van der Waals surface area contributed by atoms with Crippen LogP contribution in [0.15, 0.2) is 0 Å². The van der Waals surface area contributed by atoms with Crippen LogP contribution in [0.25, 0.3) is 0 Å². The molecule has 14 heavy (non-hydrogen) atoms. The fourth-order valence-corrected chi connectivity index (χ4v) is 2.46. The van der Waals surface area contributed by atoms with Gasteiger partial charge in [-0.1, -0.05) is 46.0 Å². The summed E-state index contributed by atoms with van der Waals surface area (Å²) >= 11 is 0. The van der Waals surface area contributed by atoms with E-state index < -0.39 is 0 Å². The van der Waals surface area contributed by atoms with Crippen molar-refractivity contribution < 1.29 is 0 Å². The van der Waals surface area contributed by atoms with Crippen LogP contribution in [-0.4, -0.2) is 6.04 Å². The summed E-state index contributed by atoms with van der Waals surface area (Å²) in [6, 6.07) is 0.557. The van der Waals surface area contributed by atoms with E-state index in [9.17, 15) is 0 Å². The van der Waals surface area contributed by atoms with E-state index in [0.717, 1.165) is 11.8 Å². The molecule has 1 saturated carbocycles. The van der Waals surface area contributed by atoms with Crippen molar-refractivity contribution in [3.8, 4) is 0 Å².